The van der Waals surface area contributed by atoms with Crippen molar-refractivity contribution >= 4 is 69.3 Å². The number of carbonyl (C=O) groups is 4. The second-order valence-electron chi connectivity index (χ2n) is 10.7. The van der Waals surface area contributed by atoms with Gasteiger partial charge in [0.15, 0.2) is 11.6 Å². The number of carbonyl (C=O) groups excluding carboxylic acids is 4. The van der Waals surface area contributed by atoms with Gasteiger partial charge in [0.2, 0.25) is 12.1 Å². The van der Waals surface area contributed by atoms with Crippen LogP contribution in [0.5, 0.6) is 11.5 Å². The highest BCUT2D eigenvalue weighted by Gasteiger charge is 2.24. The van der Waals surface area contributed by atoms with E-state index in [1.54, 1.807) is 84.9 Å². The van der Waals surface area contributed by atoms with Crippen LogP contribution < -0.4 is 20.1 Å². The van der Waals surface area contributed by atoms with Gasteiger partial charge >= 0.3 is 0 Å². The molecule has 0 saturated carbocycles. The first-order valence-electron chi connectivity index (χ1n) is 15.5. The summed E-state index contributed by atoms with van der Waals surface area (Å²) >= 11 is 13.0. The first-order valence-corrected chi connectivity index (χ1v) is 16.2. The van der Waals surface area contributed by atoms with Crippen molar-refractivity contribution in [2.24, 2.45) is 20.5 Å². The highest BCUT2D eigenvalue weighted by atomic mass is 35.5. The third-order valence-corrected chi connectivity index (χ3v) is 7.53. The minimum atomic E-state index is -1.39. The predicted octanol–water partition coefficient (Wildman–Crippen LogP) is 8.82. The van der Waals surface area contributed by atoms with E-state index in [0.29, 0.717) is 47.2 Å². The fourth-order valence-electron chi connectivity index (χ4n) is 4.44. The van der Waals surface area contributed by atoms with Gasteiger partial charge in [-0.2, -0.15) is 20.5 Å². The van der Waals surface area contributed by atoms with Crippen molar-refractivity contribution in [3.63, 3.8) is 0 Å². The van der Waals surface area contributed by atoms with Gasteiger partial charge in [0, 0.05) is 11.4 Å². The molecular formula is C36H34Cl2N6O6. The molecular weight excluding hydrogens is 683 g/mol. The Hall–Kier alpha value is -5.46. The van der Waals surface area contributed by atoms with Crippen LogP contribution in [-0.4, -0.2) is 48.7 Å². The Morgan fingerprint density at radius 2 is 0.960 bits per heavy atom. The molecule has 0 spiro atoms. The third kappa shape index (κ3) is 10.3. The van der Waals surface area contributed by atoms with Crippen LogP contribution in [0.2, 0.25) is 10.0 Å². The maximum absolute atomic E-state index is 12.8. The number of nitrogens with one attached hydrogen (secondary N) is 2. The lowest BCUT2D eigenvalue weighted by Crippen LogP contribution is -2.31. The van der Waals surface area contributed by atoms with Gasteiger partial charge in [-0.3, -0.25) is 19.2 Å². The summed E-state index contributed by atoms with van der Waals surface area (Å²) in [7, 11) is 0. The van der Waals surface area contributed by atoms with Crippen molar-refractivity contribution in [1.29, 1.82) is 0 Å². The monoisotopic (exact) mass is 716 g/mol. The summed E-state index contributed by atoms with van der Waals surface area (Å²) in [5.41, 5.74) is 2.77. The fraction of sp³-hybridized carbons (Fsp3) is 0.222. The van der Waals surface area contributed by atoms with E-state index < -0.39 is 35.5 Å². The van der Waals surface area contributed by atoms with E-state index in [9.17, 15) is 19.2 Å². The Labute approximate surface area is 298 Å². The quantitative estimate of drug-likeness (QED) is 0.0923. The van der Waals surface area contributed by atoms with Crippen molar-refractivity contribution in [1.82, 2.24) is 0 Å². The summed E-state index contributed by atoms with van der Waals surface area (Å²) in [6.45, 7) is 7.24. The number of Topliss-reactive ketones (excluding diaryl/α,β-unsaturated/α-hetero) is 2. The molecule has 0 heterocycles. The van der Waals surface area contributed by atoms with Crippen molar-refractivity contribution in [3.05, 3.63) is 95.0 Å². The molecule has 14 heteroatoms. The fourth-order valence-corrected chi connectivity index (χ4v) is 4.87. The number of halogens is 2. The molecule has 0 bridgehead atoms. The first kappa shape index (κ1) is 37.4. The van der Waals surface area contributed by atoms with E-state index in [0.717, 1.165) is 0 Å². The molecule has 258 valence electrons. The number of anilines is 2. The minimum absolute atomic E-state index is 0.211. The second kappa shape index (κ2) is 17.8. The standard InChI is InChI=1S/C36H34Cl2N6O6/c1-5-49-27-13-9-25(10-14-27)39-35(47)33(21(3)45)43-41-31-17-7-23(19-29(31)37)24-8-18-32(30(38)20-24)42-44-34(22(4)46)36(48)40-26-11-15-28(16-12-26)50-6-2/h7-20,33-34H,5-6H2,1-4H3,(H,39,47)(H,40,48). The summed E-state index contributed by atoms with van der Waals surface area (Å²) in [6.07, 6.45) is 0. The van der Waals surface area contributed by atoms with Crippen molar-refractivity contribution in [3.8, 4) is 22.6 Å². The maximum atomic E-state index is 12.8. The molecule has 0 aromatic heterocycles. The van der Waals surface area contributed by atoms with Crippen molar-refractivity contribution < 1.29 is 28.7 Å². The SMILES string of the molecule is CCOc1ccc(NC(=O)C(N=Nc2ccc(-c3ccc(N=NC(C(C)=O)C(=O)Nc4ccc(OCC)cc4)c(Cl)c3)cc2Cl)C(C)=O)cc1. The molecule has 0 aliphatic heterocycles. The number of ketones is 2. The van der Waals surface area contributed by atoms with Gasteiger partial charge in [-0.15, -0.1) is 0 Å². The zero-order valence-electron chi connectivity index (χ0n) is 27.6. The lowest BCUT2D eigenvalue weighted by atomic mass is 10.0. The Bertz CT molecular complexity index is 1780. The van der Waals surface area contributed by atoms with E-state index in [2.05, 4.69) is 31.1 Å². The van der Waals surface area contributed by atoms with Gasteiger partial charge in [-0.1, -0.05) is 35.3 Å². The molecule has 0 radical (unpaired) electrons. The number of rotatable bonds is 15. The molecule has 2 amide bonds. The van der Waals surface area contributed by atoms with Crippen LogP contribution in [0.25, 0.3) is 11.1 Å². The van der Waals surface area contributed by atoms with E-state index in [4.69, 9.17) is 32.7 Å². The molecule has 0 fully saturated rings. The molecule has 12 nitrogen and oxygen atoms in total. The van der Waals surface area contributed by atoms with Gasteiger partial charge in [0.1, 0.15) is 22.9 Å². The normalized spacial score (nSPS) is 12.4. The van der Waals surface area contributed by atoms with Gasteiger partial charge in [0.25, 0.3) is 11.8 Å². The van der Waals surface area contributed by atoms with Crippen LogP contribution in [0.15, 0.2) is 105 Å². The number of ether oxygens (including phenoxy) is 2. The molecule has 4 aromatic rings. The highest BCUT2D eigenvalue weighted by molar-refractivity contribution is 6.34. The first-order chi connectivity index (χ1) is 24.0. The van der Waals surface area contributed by atoms with Crippen LogP contribution in [-0.2, 0) is 19.2 Å². The summed E-state index contributed by atoms with van der Waals surface area (Å²) in [4.78, 5) is 50.1. The second-order valence-corrected chi connectivity index (χ2v) is 11.5. The predicted molar refractivity (Wildman–Crippen MR) is 192 cm³/mol. The zero-order chi connectivity index (χ0) is 36.2. The number of nitrogens with zero attached hydrogens (tertiary/aromatic N) is 4. The van der Waals surface area contributed by atoms with Crippen LogP contribution in [0.3, 0.4) is 0 Å². The molecule has 50 heavy (non-hydrogen) atoms. The molecule has 2 N–H and O–H groups in total. The summed E-state index contributed by atoms with van der Waals surface area (Å²) in [6, 6.07) is 20.5. The van der Waals surface area contributed by atoms with Gasteiger partial charge in [-0.25, -0.2) is 0 Å². The summed E-state index contributed by atoms with van der Waals surface area (Å²) < 4.78 is 10.8. The van der Waals surface area contributed by atoms with Crippen LogP contribution in [0.4, 0.5) is 22.7 Å². The molecule has 4 rings (SSSR count). The number of hydrogen-bond donors (Lipinski definition) is 2. The van der Waals surface area contributed by atoms with E-state index in [1.807, 2.05) is 13.8 Å². The summed E-state index contributed by atoms with van der Waals surface area (Å²) in [5, 5.41) is 21.8. The maximum Gasteiger partial charge on any atom is 0.258 e. The molecule has 2 unspecified atom stereocenters. The Morgan fingerprint density at radius 1 is 0.600 bits per heavy atom. The molecule has 0 aliphatic carbocycles. The topological polar surface area (TPSA) is 160 Å². The molecule has 4 aromatic carbocycles. The van der Waals surface area contributed by atoms with Gasteiger partial charge in [-0.05, 0) is 112 Å². The number of benzene rings is 4. The van der Waals surface area contributed by atoms with Crippen LogP contribution >= 0.6 is 23.2 Å². The smallest absolute Gasteiger partial charge is 0.258 e. The van der Waals surface area contributed by atoms with Crippen LogP contribution in [0, 0.1) is 0 Å². The minimum Gasteiger partial charge on any atom is -0.494 e. The lowest BCUT2D eigenvalue weighted by molar-refractivity contribution is -0.127. The Morgan fingerprint density at radius 3 is 1.26 bits per heavy atom. The average molecular weight is 718 g/mol. The van der Waals surface area contributed by atoms with Crippen LogP contribution in [0.1, 0.15) is 27.7 Å². The molecule has 0 saturated heterocycles. The average Bonchev–Trinajstić information content (AvgIpc) is 3.08. The van der Waals surface area contributed by atoms with Gasteiger partial charge in [0.05, 0.1) is 23.3 Å². The third-order valence-electron chi connectivity index (χ3n) is 6.92. The summed E-state index contributed by atoms with van der Waals surface area (Å²) in [5.74, 6) is -0.993. The zero-order valence-corrected chi connectivity index (χ0v) is 29.2. The van der Waals surface area contributed by atoms with Crippen molar-refractivity contribution in [2.45, 2.75) is 39.8 Å². The van der Waals surface area contributed by atoms with E-state index >= 15 is 0 Å². The number of amides is 2. The van der Waals surface area contributed by atoms with Crippen molar-refractivity contribution in [2.75, 3.05) is 23.8 Å². The lowest BCUT2D eigenvalue weighted by Gasteiger charge is -2.11. The van der Waals surface area contributed by atoms with E-state index in [-0.39, 0.29) is 21.4 Å². The number of azo groups is 2. The Kier molecular flexibility index (Phi) is 13.3. The highest BCUT2D eigenvalue weighted by Crippen LogP contribution is 2.35. The Balaban J connectivity index is 1.43. The molecule has 0 aliphatic rings. The molecule has 2 atom stereocenters. The van der Waals surface area contributed by atoms with Gasteiger partial charge < -0.3 is 20.1 Å². The number of hydrogen-bond acceptors (Lipinski definition) is 10. The largest absolute Gasteiger partial charge is 0.494 e. The van der Waals surface area contributed by atoms with E-state index in [1.165, 1.54) is 13.8 Å².